The van der Waals surface area contributed by atoms with Gasteiger partial charge in [-0.1, -0.05) is 0 Å². The fourth-order valence-corrected chi connectivity index (χ4v) is 4.00. The van der Waals surface area contributed by atoms with Crippen LogP contribution in [0, 0.1) is 5.82 Å². The first-order valence-corrected chi connectivity index (χ1v) is 11.0. The molecule has 2 N–H and O–H groups in total. The van der Waals surface area contributed by atoms with Crippen LogP contribution in [0.25, 0.3) is 0 Å². The molecule has 0 aliphatic carbocycles. The normalized spacial score (nSPS) is 18.6. The molecular weight excluding hydrogens is 441 g/mol. The predicted octanol–water partition coefficient (Wildman–Crippen LogP) is 0.949. The van der Waals surface area contributed by atoms with E-state index in [-0.39, 0.29) is 18.1 Å². The molecule has 0 spiro atoms. The van der Waals surface area contributed by atoms with Crippen LogP contribution in [0.1, 0.15) is 17.3 Å². The van der Waals surface area contributed by atoms with Gasteiger partial charge in [-0.3, -0.25) is 4.79 Å². The first-order chi connectivity index (χ1) is 16.5. The van der Waals surface area contributed by atoms with E-state index in [0.29, 0.717) is 55.9 Å². The number of β-amino-alcohol motifs (C(OH)–C–C–N with tert-alkyl or cyclic N) is 1. The number of nitrogens with zero attached hydrogens (tertiary/aromatic N) is 8. The van der Waals surface area contributed by atoms with Crippen molar-refractivity contribution < 1.29 is 14.3 Å². The van der Waals surface area contributed by atoms with E-state index in [4.69, 9.17) is 0 Å². The molecule has 3 aromatic heterocycles. The standard InChI is InChI=1S/C22H24FN9O2/c1-14-11-30(4-5-32(14)22-27-7-16(23)8-28-22)20-10-24-18(9-26-20)29-21(34)15-2-3-19(25-6-15)31-12-17(33)13-31/h2-3,6-10,14,17,33H,4-5,11-13H2,1H3,(H,24,29,34)/t14-/m1/s1. The van der Waals surface area contributed by atoms with Gasteiger partial charge in [0.2, 0.25) is 5.95 Å². The van der Waals surface area contributed by atoms with Crippen LogP contribution in [-0.4, -0.2) is 80.8 Å². The molecular formula is C22H24FN9O2. The summed E-state index contributed by atoms with van der Waals surface area (Å²) in [6.07, 6.45) is 6.67. The number of aromatic nitrogens is 5. The molecule has 0 radical (unpaired) electrons. The molecule has 34 heavy (non-hydrogen) atoms. The molecule has 2 fully saturated rings. The second-order valence-corrected chi connectivity index (χ2v) is 8.37. The summed E-state index contributed by atoms with van der Waals surface area (Å²) in [5.41, 5.74) is 0.406. The van der Waals surface area contributed by atoms with E-state index >= 15 is 0 Å². The van der Waals surface area contributed by atoms with Gasteiger partial charge in [0.15, 0.2) is 11.6 Å². The lowest BCUT2D eigenvalue weighted by atomic mass is 10.1. The molecule has 2 saturated heterocycles. The Morgan fingerprint density at radius 1 is 0.941 bits per heavy atom. The largest absolute Gasteiger partial charge is 0.389 e. The van der Waals surface area contributed by atoms with Gasteiger partial charge in [0.25, 0.3) is 5.91 Å². The van der Waals surface area contributed by atoms with E-state index in [1.165, 1.54) is 24.8 Å². The van der Waals surface area contributed by atoms with Gasteiger partial charge in [-0.05, 0) is 19.1 Å². The van der Waals surface area contributed by atoms with Gasteiger partial charge in [-0.25, -0.2) is 29.3 Å². The van der Waals surface area contributed by atoms with Crippen LogP contribution in [0.3, 0.4) is 0 Å². The van der Waals surface area contributed by atoms with Gasteiger partial charge in [0, 0.05) is 45.0 Å². The van der Waals surface area contributed by atoms with Crippen LogP contribution in [0.15, 0.2) is 43.1 Å². The van der Waals surface area contributed by atoms with Crippen molar-refractivity contribution in [3.05, 3.63) is 54.5 Å². The van der Waals surface area contributed by atoms with Gasteiger partial charge in [-0.2, -0.15) is 0 Å². The molecule has 0 aromatic carbocycles. The number of piperazine rings is 1. The van der Waals surface area contributed by atoms with Crippen molar-refractivity contribution in [2.24, 2.45) is 0 Å². The zero-order valence-corrected chi connectivity index (χ0v) is 18.5. The number of aliphatic hydroxyl groups is 1. The minimum Gasteiger partial charge on any atom is -0.389 e. The summed E-state index contributed by atoms with van der Waals surface area (Å²) in [6.45, 7) is 5.16. The number of carbonyl (C=O) groups is 1. The Kier molecular flexibility index (Phi) is 5.88. The zero-order valence-electron chi connectivity index (χ0n) is 18.5. The molecule has 3 aromatic rings. The van der Waals surface area contributed by atoms with Gasteiger partial charge in [-0.15, -0.1) is 0 Å². The maximum absolute atomic E-state index is 13.1. The van der Waals surface area contributed by atoms with Crippen LogP contribution < -0.4 is 20.0 Å². The van der Waals surface area contributed by atoms with E-state index in [9.17, 15) is 14.3 Å². The summed E-state index contributed by atoms with van der Waals surface area (Å²) in [5, 5.41) is 12.1. The molecule has 0 saturated carbocycles. The number of rotatable bonds is 5. The summed E-state index contributed by atoms with van der Waals surface area (Å²) < 4.78 is 13.1. The summed E-state index contributed by atoms with van der Waals surface area (Å²) in [6, 6.07) is 3.54. The van der Waals surface area contributed by atoms with Crippen molar-refractivity contribution in [3.8, 4) is 0 Å². The molecule has 176 valence electrons. The number of nitrogens with one attached hydrogen (secondary N) is 1. The summed E-state index contributed by atoms with van der Waals surface area (Å²) in [4.78, 5) is 39.8. The van der Waals surface area contributed by atoms with E-state index in [0.717, 1.165) is 5.82 Å². The molecule has 12 heteroatoms. The molecule has 5 rings (SSSR count). The van der Waals surface area contributed by atoms with E-state index in [1.54, 1.807) is 18.3 Å². The number of hydrogen-bond donors (Lipinski definition) is 2. The van der Waals surface area contributed by atoms with Crippen molar-refractivity contribution in [1.82, 2.24) is 24.9 Å². The minimum atomic E-state index is -0.460. The van der Waals surface area contributed by atoms with E-state index in [2.05, 4.69) is 35.1 Å². The summed E-state index contributed by atoms with van der Waals surface area (Å²) in [5.74, 6) is 1.49. The van der Waals surface area contributed by atoms with Crippen molar-refractivity contribution >= 4 is 29.3 Å². The topological polar surface area (TPSA) is 124 Å². The lowest BCUT2D eigenvalue weighted by Gasteiger charge is -2.40. The average Bonchev–Trinajstić information content (AvgIpc) is 2.83. The third kappa shape index (κ3) is 4.57. The van der Waals surface area contributed by atoms with Crippen LogP contribution in [0.2, 0.25) is 0 Å². The lowest BCUT2D eigenvalue weighted by Crippen LogP contribution is -2.53. The maximum Gasteiger partial charge on any atom is 0.258 e. The minimum absolute atomic E-state index is 0.0930. The van der Waals surface area contributed by atoms with Crippen LogP contribution >= 0.6 is 0 Å². The lowest BCUT2D eigenvalue weighted by molar-refractivity contribution is 0.102. The highest BCUT2D eigenvalue weighted by Gasteiger charge is 2.27. The number of hydrogen-bond acceptors (Lipinski definition) is 10. The highest BCUT2D eigenvalue weighted by Crippen LogP contribution is 2.21. The van der Waals surface area contributed by atoms with Crippen LogP contribution in [0.5, 0.6) is 0 Å². The molecule has 2 aliphatic rings. The Hall–Kier alpha value is -3.93. The number of carbonyl (C=O) groups excluding carboxylic acids is 1. The van der Waals surface area contributed by atoms with Crippen molar-refractivity contribution in [3.63, 3.8) is 0 Å². The molecule has 1 amide bonds. The van der Waals surface area contributed by atoms with Crippen LogP contribution in [0.4, 0.5) is 27.8 Å². The fraction of sp³-hybridized carbons (Fsp3) is 0.364. The Labute approximate surface area is 195 Å². The molecule has 1 atom stereocenters. The number of anilines is 4. The van der Waals surface area contributed by atoms with Gasteiger partial charge < -0.3 is 25.1 Å². The maximum atomic E-state index is 13.1. The molecule has 2 aliphatic heterocycles. The van der Waals surface area contributed by atoms with Crippen molar-refractivity contribution in [2.45, 2.75) is 19.1 Å². The average molecular weight is 465 g/mol. The number of halogens is 1. The third-order valence-electron chi connectivity index (χ3n) is 5.89. The second kappa shape index (κ2) is 9.14. The monoisotopic (exact) mass is 465 g/mol. The number of aliphatic hydroxyl groups excluding tert-OH is 1. The number of amides is 1. The Balaban J connectivity index is 1.17. The highest BCUT2D eigenvalue weighted by atomic mass is 19.1. The first-order valence-electron chi connectivity index (χ1n) is 11.0. The fourth-order valence-electron chi connectivity index (χ4n) is 4.00. The SMILES string of the molecule is C[C@@H]1CN(c2cnc(NC(=O)c3ccc(N4CC(O)C4)nc3)cn2)CCN1c1ncc(F)cn1. The molecule has 11 nitrogen and oxygen atoms in total. The second-order valence-electron chi connectivity index (χ2n) is 8.37. The van der Waals surface area contributed by atoms with Crippen LogP contribution in [-0.2, 0) is 0 Å². The highest BCUT2D eigenvalue weighted by molar-refractivity contribution is 6.03. The summed E-state index contributed by atoms with van der Waals surface area (Å²) >= 11 is 0. The molecule has 0 bridgehead atoms. The quantitative estimate of drug-likeness (QED) is 0.563. The predicted molar refractivity (Wildman–Crippen MR) is 123 cm³/mol. The third-order valence-corrected chi connectivity index (χ3v) is 5.89. The van der Waals surface area contributed by atoms with Gasteiger partial charge in [0.1, 0.15) is 11.6 Å². The zero-order chi connectivity index (χ0) is 23.7. The first kappa shape index (κ1) is 21.9. The number of pyridine rings is 1. The Morgan fingerprint density at radius 2 is 1.71 bits per heavy atom. The van der Waals surface area contributed by atoms with Crippen molar-refractivity contribution in [1.29, 1.82) is 0 Å². The molecule has 5 heterocycles. The van der Waals surface area contributed by atoms with E-state index in [1.807, 2.05) is 16.7 Å². The summed E-state index contributed by atoms with van der Waals surface area (Å²) in [7, 11) is 0. The van der Waals surface area contributed by atoms with E-state index < -0.39 is 5.82 Å². The Morgan fingerprint density at radius 3 is 2.32 bits per heavy atom. The van der Waals surface area contributed by atoms with Gasteiger partial charge >= 0.3 is 0 Å². The van der Waals surface area contributed by atoms with Gasteiger partial charge in [0.05, 0.1) is 36.5 Å². The smallest absolute Gasteiger partial charge is 0.258 e. The molecule has 0 unspecified atom stereocenters. The van der Waals surface area contributed by atoms with Crippen molar-refractivity contribution in [2.75, 3.05) is 52.7 Å². The Bertz CT molecular complexity index is 1140.